The molecule has 0 bridgehead atoms. The van der Waals surface area contributed by atoms with Gasteiger partial charge in [0.25, 0.3) is 0 Å². The highest BCUT2D eigenvalue weighted by molar-refractivity contribution is 4.94. The summed E-state index contributed by atoms with van der Waals surface area (Å²) < 4.78 is 0. The Hall–Kier alpha value is -0.0800. The van der Waals surface area contributed by atoms with Crippen LogP contribution < -0.4 is 5.32 Å². The van der Waals surface area contributed by atoms with Gasteiger partial charge in [0, 0.05) is 13.1 Å². The molecule has 0 aromatic rings. The second-order valence-electron chi connectivity index (χ2n) is 3.65. The van der Waals surface area contributed by atoms with Crippen LogP contribution in [-0.2, 0) is 0 Å². The van der Waals surface area contributed by atoms with Gasteiger partial charge in [-0.1, -0.05) is 13.3 Å². The van der Waals surface area contributed by atoms with Crippen LogP contribution in [0.1, 0.15) is 32.6 Å². The van der Waals surface area contributed by atoms with E-state index in [0.29, 0.717) is 5.41 Å². The van der Waals surface area contributed by atoms with Gasteiger partial charge in [-0.2, -0.15) is 0 Å². The van der Waals surface area contributed by atoms with E-state index in [9.17, 15) is 0 Å². The van der Waals surface area contributed by atoms with Gasteiger partial charge >= 0.3 is 0 Å². The largest absolute Gasteiger partial charge is 0.395 e. The molecule has 1 saturated carbocycles. The van der Waals surface area contributed by atoms with Crippen molar-refractivity contribution in [1.29, 1.82) is 0 Å². The minimum absolute atomic E-state index is 0.266. The summed E-state index contributed by atoms with van der Waals surface area (Å²) in [5.41, 5.74) is 0.629. The molecular weight excluding hydrogens is 138 g/mol. The van der Waals surface area contributed by atoms with Gasteiger partial charge in [0.1, 0.15) is 0 Å². The minimum atomic E-state index is 0.266. The first-order valence-electron chi connectivity index (χ1n) is 4.64. The first-order valence-corrected chi connectivity index (χ1v) is 4.64. The Morgan fingerprint density at radius 3 is 2.64 bits per heavy atom. The van der Waals surface area contributed by atoms with Crippen LogP contribution in [0.25, 0.3) is 0 Å². The smallest absolute Gasteiger partial charge is 0.0555 e. The Morgan fingerprint density at radius 2 is 2.18 bits per heavy atom. The molecule has 0 aliphatic heterocycles. The predicted molar refractivity (Wildman–Crippen MR) is 46.5 cm³/mol. The number of aliphatic hydroxyl groups is 1. The monoisotopic (exact) mass is 157 g/mol. The van der Waals surface area contributed by atoms with Gasteiger partial charge in [-0.3, -0.25) is 0 Å². The highest BCUT2D eigenvalue weighted by Crippen LogP contribution is 2.48. The van der Waals surface area contributed by atoms with Gasteiger partial charge in [0.2, 0.25) is 0 Å². The van der Waals surface area contributed by atoms with Crippen LogP contribution in [0.15, 0.2) is 0 Å². The Morgan fingerprint density at radius 1 is 1.45 bits per heavy atom. The van der Waals surface area contributed by atoms with Gasteiger partial charge in [0.05, 0.1) is 6.61 Å². The molecule has 1 fully saturated rings. The molecule has 1 aliphatic rings. The zero-order valence-corrected chi connectivity index (χ0v) is 7.40. The lowest BCUT2D eigenvalue weighted by Crippen LogP contribution is -2.26. The lowest BCUT2D eigenvalue weighted by Gasteiger charge is -2.13. The van der Waals surface area contributed by atoms with Crippen molar-refractivity contribution in [3.8, 4) is 0 Å². The summed E-state index contributed by atoms with van der Waals surface area (Å²) in [4.78, 5) is 0. The maximum absolute atomic E-state index is 8.55. The fraction of sp³-hybridized carbons (Fsp3) is 1.00. The van der Waals surface area contributed by atoms with Crippen LogP contribution in [0.2, 0.25) is 0 Å². The molecule has 66 valence electrons. The molecule has 1 aliphatic carbocycles. The van der Waals surface area contributed by atoms with Crippen LogP contribution in [0, 0.1) is 5.41 Å². The quantitative estimate of drug-likeness (QED) is 0.567. The molecule has 0 aromatic heterocycles. The number of rotatable bonds is 6. The van der Waals surface area contributed by atoms with Gasteiger partial charge < -0.3 is 10.4 Å². The second-order valence-corrected chi connectivity index (χ2v) is 3.65. The summed E-state index contributed by atoms with van der Waals surface area (Å²) in [6.07, 6.45) is 5.42. The summed E-state index contributed by atoms with van der Waals surface area (Å²) >= 11 is 0. The molecule has 0 spiro atoms. The first kappa shape index (κ1) is 9.01. The lowest BCUT2D eigenvalue weighted by molar-refractivity contribution is 0.284. The lowest BCUT2D eigenvalue weighted by atomic mass is 10.0. The minimum Gasteiger partial charge on any atom is -0.395 e. The average molecular weight is 157 g/mol. The van der Waals surface area contributed by atoms with Gasteiger partial charge in [-0.25, -0.2) is 0 Å². The Bertz CT molecular complexity index is 110. The van der Waals surface area contributed by atoms with E-state index in [4.69, 9.17) is 5.11 Å². The summed E-state index contributed by atoms with van der Waals surface area (Å²) in [5, 5.41) is 11.8. The molecule has 0 aromatic carbocycles. The van der Waals surface area contributed by atoms with Crippen LogP contribution in [0.5, 0.6) is 0 Å². The van der Waals surface area contributed by atoms with E-state index >= 15 is 0 Å². The van der Waals surface area contributed by atoms with Crippen molar-refractivity contribution in [2.24, 2.45) is 5.41 Å². The fourth-order valence-corrected chi connectivity index (χ4v) is 1.65. The average Bonchev–Trinajstić information content (AvgIpc) is 2.71. The number of hydrogen-bond acceptors (Lipinski definition) is 2. The normalized spacial score (nSPS) is 20.2. The third-order valence-corrected chi connectivity index (χ3v) is 2.53. The highest BCUT2D eigenvalue weighted by Gasteiger charge is 2.40. The number of hydrogen-bond donors (Lipinski definition) is 2. The van der Waals surface area contributed by atoms with Crippen molar-refractivity contribution >= 4 is 0 Å². The number of nitrogens with one attached hydrogen (secondary N) is 1. The molecule has 1 rings (SSSR count). The molecule has 0 unspecified atom stereocenters. The zero-order valence-electron chi connectivity index (χ0n) is 7.40. The van der Waals surface area contributed by atoms with Crippen LogP contribution in [-0.4, -0.2) is 24.8 Å². The van der Waals surface area contributed by atoms with Gasteiger partial charge in [0.15, 0.2) is 0 Å². The summed E-state index contributed by atoms with van der Waals surface area (Å²) in [6.45, 7) is 4.38. The molecule has 0 amide bonds. The van der Waals surface area contributed by atoms with Crippen molar-refractivity contribution in [3.05, 3.63) is 0 Å². The van der Waals surface area contributed by atoms with Crippen molar-refractivity contribution in [3.63, 3.8) is 0 Å². The topological polar surface area (TPSA) is 32.3 Å². The zero-order chi connectivity index (χ0) is 8.16. The van der Waals surface area contributed by atoms with Crippen molar-refractivity contribution in [2.75, 3.05) is 19.7 Å². The van der Waals surface area contributed by atoms with Crippen molar-refractivity contribution in [2.45, 2.75) is 32.6 Å². The molecule has 0 heterocycles. The SMILES string of the molecule is CCCC1(CNCCO)CC1. The molecule has 0 atom stereocenters. The Kier molecular flexibility index (Phi) is 3.34. The van der Waals surface area contributed by atoms with E-state index in [1.165, 1.54) is 25.7 Å². The van der Waals surface area contributed by atoms with Gasteiger partial charge in [-0.15, -0.1) is 0 Å². The summed E-state index contributed by atoms with van der Waals surface area (Å²) in [7, 11) is 0. The molecule has 11 heavy (non-hydrogen) atoms. The van der Waals surface area contributed by atoms with E-state index in [-0.39, 0.29) is 6.61 Å². The standard InChI is InChI=1S/C9H19NO/c1-2-3-9(4-5-9)8-10-6-7-11/h10-11H,2-8H2,1H3. The van der Waals surface area contributed by atoms with E-state index < -0.39 is 0 Å². The molecule has 0 saturated heterocycles. The van der Waals surface area contributed by atoms with Crippen LogP contribution >= 0.6 is 0 Å². The predicted octanol–water partition coefficient (Wildman–Crippen LogP) is 1.15. The molecule has 2 nitrogen and oxygen atoms in total. The summed E-state index contributed by atoms with van der Waals surface area (Å²) in [6, 6.07) is 0. The second kappa shape index (κ2) is 4.07. The van der Waals surface area contributed by atoms with E-state index in [1.807, 2.05) is 0 Å². The van der Waals surface area contributed by atoms with Crippen molar-refractivity contribution < 1.29 is 5.11 Å². The highest BCUT2D eigenvalue weighted by atomic mass is 16.3. The fourth-order valence-electron chi connectivity index (χ4n) is 1.65. The third kappa shape index (κ3) is 2.80. The summed E-state index contributed by atoms with van der Waals surface area (Å²) in [5.74, 6) is 0. The Labute approximate surface area is 69.0 Å². The van der Waals surface area contributed by atoms with Gasteiger partial charge in [-0.05, 0) is 24.7 Å². The van der Waals surface area contributed by atoms with E-state index in [2.05, 4.69) is 12.2 Å². The van der Waals surface area contributed by atoms with Crippen LogP contribution in [0.4, 0.5) is 0 Å². The number of aliphatic hydroxyl groups excluding tert-OH is 1. The molecule has 2 heteroatoms. The maximum Gasteiger partial charge on any atom is 0.0555 e. The third-order valence-electron chi connectivity index (χ3n) is 2.53. The molecule has 2 N–H and O–H groups in total. The maximum atomic E-state index is 8.55. The molecule has 0 radical (unpaired) electrons. The van der Waals surface area contributed by atoms with Crippen molar-refractivity contribution in [1.82, 2.24) is 5.32 Å². The molecular formula is C9H19NO. The van der Waals surface area contributed by atoms with Crippen LogP contribution in [0.3, 0.4) is 0 Å². The Balaban J connectivity index is 2.04. The van der Waals surface area contributed by atoms with E-state index in [1.54, 1.807) is 0 Å². The van der Waals surface area contributed by atoms with E-state index in [0.717, 1.165) is 13.1 Å². The first-order chi connectivity index (χ1) is 5.33.